The van der Waals surface area contributed by atoms with Gasteiger partial charge in [0, 0.05) is 6.42 Å². The van der Waals surface area contributed by atoms with Gasteiger partial charge in [-0.3, -0.25) is 0 Å². The van der Waals surface area contributed by atoms with Crippen LogP contribution in [0, 0.1) is 5.92 Å². The molecule has 0 atom stereocenters. The highest BCUT2D eigenvalue weighted by atomic mass is 19.4. The third kappa shape index (κ3) is 7.54. The first kappa shape index (κ1) is 19.9. The zero-order valence-electron chi connectivity index (χ0n) is 15.0. The molecule has 4 heteroatoms. The van der Waals surface area contributed by atoms with Gasteiger partial charge in [-0.25, -0.2) is 0 Å². The van der Waals surface area contributed by atoms with E-state index in [4.69, 9.17) is 4.74 Å². The van der Waals surface area contributed by atoms with Crippen molar-refractivity contribution >= 4 is 0 Å². The fourth-order valence-electron chi connectivity index (χ4n) is 3.49. The lowest BCUT2D eigenvalue weighted by Crippen LogP contribution is -2.13. The van der Waals surface area contributed by atoms with E-state index in [1.165, 1.54) is 37.7 Å². The van der Waals surface area contributed by atoms with Crippen molar-refractivity contribution in [3.05, 3.63) is 42.0 Å². The summed E-state index contributed by atoms with van der Waals surface area (Å²) in [7, 11) is 0. The molecule has 1 aliphatic carbocycles. The predicted molar refractivity (Wildman–Crippen MR) is 96.0 cm³/mol. The highest BCUT2D eigenvalue weighted by Gasteiger charge is 2.26. The van der Waals surface area contributed by atoms with Crippen molar-refractivity contribution in [3.63, 3.8) is 0 Å². The average molecular weight is 354 g/mol. The second-order valence-corrected chi connectivity index (χ2v) is 6.97. The summed E-state index contributed by atoms with van der Waals surface area (Å²) in [6, 6.07) is 7.92. The molecule has 1 aliphatic rings. The summed E-state index contributed by atoms with van der Waals surface area (Å²) in [5, 5.41) is 0. The van der Waals surface area contributed by atoms with Gasteiger partial charge >= 0.3 is 6.18 Å². The van der Waals surface area contributed by atoms with E-state index >= 15 is 0 Å². The van der Waals surface area contributed by atoms with Crippen molar-refractivity contribution in [1.29, 1.82) is 0 Å². The molecule has 0 unspecified atom stereocenters. The molecule has 25 heavy (non-hydrogen) atoms. The Morgan fingerprint density at radius 2 is 1.72 bits per heavy atom. The SMILES string of the molecule is CC/C=C\CC1CCC(c2ccc(OCCCC(F)(F)F)cc2)CC1. The van der Waals surface area contributed by atoms with Gasteiger partial charge in [0.2, 0.25) is 0 Å². The summed E-state index contributed by atoms with van der Waals surface area (Å²) >= 11 is 0. The van der Waals surface area contributed by atoms with Crippen LogP contribution in [-0.2, 0) is 0 Å². The maximum Gasteiger partial charge on any atom is 0.389 e. The maximum absolute atomic E-state index is 12.1. The second-order valence-electron chi connectivity index (χ2n) is 6.97. The van der Waals surface area contributed by atoms with E-state index in [9.17, 15) is 13.2 Å². The van der Waals surface area contributed by atoms with Crippen molar-refractivity contribution in [3.8, 4) is 5.75 Å². The number of halogens is 3. The Labute approximate surface area is 149 Å². The maximum atomic E-state index is 12.1. The van der Waals surface area contributed by atoms with Crippen molar-refractivity contribution in [2.45, 2.75) is 70.4 Å². The summed E-state index contributed by atoms with van der Waals surface area (Å²) in [5.41, 5.74) is 1.32. The zero-order chi connectivity index (χ0) is 18.1. The molecule has 1 aromatic rings. The van der Waals surface area contributed by atoms with Gasteiger partial charge in [0.1, 0.15) is 5.75 Å². The van der Waals surface area contributed by atoms with Crippen LogP contribution in [0.4, 0.5) is 13.2 Å². The minimum absolute atomic E-state index is 0.00173. The quantitative estimate of drug-likeness (QED) is 0.359. The normalized spacial score (nSPS) is 21.6. The van der Waals surface area contributed by atoms with E-state index < -0.39 is 12.6 Å². The smallest absolute Gasteiger partial charge is 0.389 e. The molecule has 140 valence electrons. The zero-order valence-corrected chi connectivity index (χ0v) is 15.0. The topological polar surface area (TPSA) is 9.23 Å². The Hall–Kier alpha value is -1.45. The summed E-state index contributed by atoms with van der Waals surface area (Å²) in [4.78, 5) is 0. The molecule has 0 N–H and O–H groups in total. The van der Waals surface area contributed by atoms with Crippen LogP contribution in [0.3, 0.4) is 0 Å². The van der Waals surface area contributed by atoms with Crippen LogP contribution in [-0.4, -0.2) is 12.8 Å². The summed E-state index contributed by atoms with van der Waals surface area (Å²) in [5.74, 6) is 2.07. The lowest BCUT2D eigenvalue weighted by molar-refractivity contribution is -0.136. The summed E-state index contributed by atoms with van der Waals surface area (Å²) in [6.45, 7) is 2.27. The van der Waals surface area contributed by atoms with Crippen LogP contribution < -0.4 is 4.74 Å². The Morgan fingerprint density at radius 1 is 1.04 bits per heavy atom. The van der Waals surface area contributed by atoms with E-state index in [0.29, 0.717) is 11.7 Å². The number of rotatable bonds is 8. The summed E-state index contributed by atoms with van der Waals surface area (Å²) < 4.78 is 41.7. The fraction of sp³-hybridized carbons (Fsp3) is 0.619. The molecule has 0 aliphatic heterocycles. The Morgan fingerprint density at radius 3 is 2.32 bits per heavy atom. The molecule has 0 saturated heterocycles. The van der Waals surface area contributed by atoms with Gasteiger partial charge in [-0.1, -0.05) is 31.2 Å². The minimum Gasteiger partial charge on any atom is -0.494 e. The van der Waals surface area contributed by atoms with E-state index in [0.717, 1.165) is 12.3 Å². The van der Waals surface area contributed by atoms with Crippen molar-refractivity contribution < 1.29 is 17.9 Å². The molecule has 0 radical (unpaired) electrons. The lowest BCUT2D eigenvalue weighted by atomic mass is 9.77. The first-order valence-electron chi connectivity index (χ1n) is 9.42. The Kier molecular flexibility index (Phi) is 7.86. The molecule has 1 fully saturated rings. The van der Waals surface area contributed by atoms with E-state index in [1.807, 2.05) is 12.1 Å². The van der Waals surface area contributed by atoms with Gasteiger partial charge in [-0.2, -0.15) is 13.2 Å². The first-order chi connectivity index (χ1) is 12.0. The molecule has 2 rings (SSSR count). The van der Waals surface area contributed by atoms with Crippen LogP contribution in [0.2, 0.25) is 0 Å². The van der Waals surface area contributed by atoms with Crippen LogP contribution in [0.25, 0.3) is 0 Å². The van der Waals surface area contributed by atoms with E-state index in [2.05, 4.69) is 31.2 Å². The average Bonchev–Trinajstić information content (AvgIpc) is 2.59. The Balaban J connectivity index is 1.72. The molecule has 0 amide bonds. The highest BCUT2D eigenvalue weighted by Crippen LogP contribution is 2.37. The fourth-order valence-corrected chi connectivity index (χ4v) is 3.49. The number of benzene rings is 1. The molecule has 0 aromatic heterocycles. The molecule has 1 saturated carbocycles. The largest absolute Gasteiger partial charge is 0.494 e. The van der Waals surface area contributed by atoms with Crippen LogP contribution in [0.1, 0.15) is 69.8 Å². The number of ether oxygens (including phenoxy) is 1. The number of alkyl halides is 3. The van der Waals surface area contributed by atoms with Gasteiger partial charge in [0.05, 0.1) is 6.61 Å². The van der Waals surface area contributed by atoms with Gasteiger partial charge in [-0.15, -0.1) is 0 Å². The molecule has 1 aromatic carbocycles. The van der Waals surface area contributed by atoms with Crippen LogP contribution in [0.5, 0.6) is 5.75 Å². The van der Waals surface area contributed by atoms with Gasteiger partial charge in [0.25, 0.3) is 0 Å². The van der Waals surface area contributed by atoms with Gasteiger partial charge < -0.3 is 4.74 Å². The number of hydrogen-bond donors (Lipinski definition) is 0. The molecule has 0 heterocycles. The highest BCUT2D eigenvalue weighted by molar-refractivity contribution is 5.29. The van der Waals surface area contributed by atoms with E-state index in [-0.39, 0.29) is 13.0 Å². The molecule has 0 bridgehead atoms. The van der Waals surface area contributed by atoms with Gasteiger partial charge in [-0.05, 0) is 74.5 Å². The second kappa shape index (κ2) is 9.88. The van der Waals surface area contributed by atoms with Crippen LogP contribution >= 0.6 is 0 Å². The van der Waals surface area contributed by atoms with Crippen molar-refractivity contribution in [2.24, 2.45) is 5.92 Å². The molecule has 1 nitrogen and oxygen atoms in total. The third-order valence-corrected chi connectivity index (χ3v) is 4.94. The van der Waals surface area contributed by atoms with Gasteiger partial charge in [0.15, 0.2) is 0 Å². The standard InChI is InChI=1S/C21H29F3O/c1-2-3-4-6-17-7-9-18(10-8-17)19-11-13-20(14-12-19)25-16-5-15-21(22,23)24/h3-4,11-14,17-18H,2,5-10,15-16H2,1H3/b4-3-. The predicted octanol–water partition coefficient (Wildman–Crippen LogP) is 7.04. The summed E-state index contributed by atoms with van der Waals surface area (Å²) in [6.07, 6.45) is 6.97. The lowest BCUT2D eigenvalue weighted by Gasteiger charge is -2.28. The monoisotopic (exact) mass is 354 g/mol. The first-order valence-corrected chi connectivity index (χ1v) is 9.42. The minimum atomic E-state index is -4.10. The van der Waals surface area contributed by atoms with Crippen molar-refractivity contribution in [2.75, 3.05) is 6.61 Å². The number of allylic oxidation sites excluding steroid dienone is 2. The van der Waals surface area contributed by atoms with Crippen LogP contribution in [0.15, 0.2) is 36.4 Å². The van der Waals surface area contributed by atoms with E-state index in [1.54, 1.807) is 0 Å². The number of hydrogen-bond acceptors (Lipinski definition) is 1. The van der Waals surface area contributed by atoms with Crippen molar-refractivity contribution in [1.82, 2.24) is 0 Å². The molecular formula is C21H29F3O. The molecule has 0 spiro atoms. The Bertz CT molecular complexity index is 511. The third-order valence-electron chi connectivity index (χ3n) is 4.94. The molecular weight excluding hydrogens is 325 g/mol.